The first-order chi connectivity index (χ1) is 18.0. The molecule has 12 nitrogen and oxygen atoms in total. The number of aromatic nitrogens is 6. The molecule has 38 heavy (non-hydrogen) atoms. The van der Waals surface area contributed by atoms with E-state index in [4.69, 9.17) is 0 Å². The maximum Gasteiger partial charge on any atom is 0.421 e. The van der Waals surface area contributed by atoms with E-state index in [-0.39, 0.29) is 30.8 Å². The van der Waals surface area contributed by atoms with Crippen LogP contribution in [0.1, 0.15) is 35.4 Å². The summed E-state index contributed by atoms with van der Waals surface area (Å²) in [5.74, 6) is -1.39. The van der Waals surface area contributed by atoms with E-state index in [2.05, 4.69) is 20.6 Å². The summed E-state index contributed by atoms with van der Waals surface area (Å²) in [5.41, 5.74) is -2.53. The number of nitrogens with one attached hydrogen (secondary N) is 2. The van der Waals surface area contributed by atoms with Gasteiger partial charge in [0.15, 0.2) is 5.16 Å². The summed E-state index contributed by atoms with van der Waals surface area (Å²) < 4.78 is 42.8. The quantitative estimate of drug-likeness (QED) is 0.447. The lowest BCUT2D eigenvalue weighted by Gasteiger charge is -2.32. The molecule has 0 saturated heterocycles. The molecular formula is C22H21F3N8O4S. The van der Waals surface area contributed by atoms with Gasteiger partial charge >= 0.3 is 6.18 Å². The molecule has 2 aliphatic rings. The number of hydrogen-bond acceptors (Lipinski definition) is 8. The lowest BCUT2D eigenvalue weighted by Crippen LogP contribution is -2.44. The zero-order valence-electron chi connectivity index (χ0n) is 19.9. The van der Waals surface area contributed by atoms with Crippen LogP contribution in [-0.4, -0.2) is 58.5 Å². The fraction of sp³-hybridized carbons (Fsp3) is 0.409. The molecule has 0 fully saturated rings. The number of H-pyrrole nitrogens is 1. The third kappa shape index (κ3) is 4.82. The normalized spacial score (nSPS) is 16.7. The van der Waals surface area contributed by atoms with Crippen LogP contribution in [-0.2, 0) is 41.8 Å². The van der Waals surface area contributed by atoms with Gasteiger partial charge in [0.25, 0.3) is 11.1 Å². The second-order valence-corrected chi connectivity index (χ2v) is 9.82. The molecule has 0 saturated carbocycles. The number of aryl methyl sites for hydroxylation is 2. The second kappa shape index (κ2) is 9.74. The van der Waals surface area contributed by atoms with Gasteiger partial charge in [-0.25, -0.2) is 4.68 Å². The molecule has 200 valence electrons. The summed E-state index contributed by atoms with van der Waals surface area (Å²) >= 11 is 1.45. The van der Waals surface area contributed by atoms with Crippen LogP contribution < -0.4 is 16.4 Å². The third-order valence-electron chi connectivity index (χ3n) is 6.30. The first-order valence-corrected chi connectivity index (χ1v) is 12.6. The minimum atomic E-state index is -4.91. The SMILES string of the molecule is CCn1nnc2c1C(C(=O)Nc1c[nH]c(=O)c(C(F)(F)F)c1)CN(C(=O)Cc1cn3c(nc1=O)SCC3)C2. The van der Waals surface area contributed by atoms with Gasteiger partial charge < -0.3 is 19.8 Å². The highest BCUT2D eigenvalue weighted by molar-refractivity contribution is 7.99. The molecule has 5 rings (SSSR count). The minimum absolute atomic E-state index is 0.0460. The Morgan fingerprint density at radius 3 is 2.82 bits per heavy atom. The zero-order chi connectivity index (χ0) is 27.2. The summed E-state index contributed by atoms with van der Waals surface area (Å²) in [6.07, 6.45) is -2.57. The molecule has 3 aromatic rings. The molecule has 2 N–H and O–H groups in total. The number of carbonyl (C=O) groups is 2. The van der Waals surface area contributed by atoms with Crippen molar-refractivity contribution in [3.63, 3.8) is 0 Å². The van der Waals surface area contributed by atoms with Crippen LogP contribution in [0, 0.1) is 0 Å². The summed E-state index contributed by atoms with van der Waals surface area (Å²) in [5, 5.41) is 11.1. The molecule has 0 spiro atoms. The Kier molecular flexibility index (Phi) is 6.58. The van der Waals surface area contributed by atoms with Crippen molar-refractivity contribution in [2.75, 3.05) is 17.6 Å². The Balaban J connectivity index is 1.40. The smallest absolute Gasteiger partial charge is 0.335 e. The van der Waals surface area contributed by atoms with Gasteiger partial charge in [-0.2, -0.15) is 18.2 Å². The van der Waals surface area contributed by atoms with E-state index in [1.54, 1.807) is 13.1 Å². The average Bonchev–Trinajstić information content (AvgIpc) is 3.50. The number of rotatable bonds is 5. The highest BCUT2D eigenvalue weighted by atomic mass is 32.2. The van der Waals surface area contributed by atoms with Gasteiger partial charge in [0.05, 0.1) is 30.3 Å². The van der Waals surface area contributed by atoms with Crippen LogP contribution in [0.3, 0.4) is 0 Å². The van der Waals surface area contributed by atoms with E-state index in [0.29, 0.717) is 35.7 Å². The van der Waals surface area contributed by atoms with Gasteiger partial charge in [-0.15, -0.1) is 5.10 Å². The zero-order valence-corrected chi connectivity index (χ0v) is 20.7. The van der Waals surface area contributed by atoms with Crippen molar-refractivity contribution in [2.45, 2.75) is 50.2 Å². The second-order valence-electron chi connectivity index (χ2n) is 8.75. The molecule has 1 atom stereocenters. The number of pyridine rings is 1. The van der Waals surface area contributed by atoms with Crippen LogP contribution in [0.15, 0.2) is 33.2 Å². The highest BCUT2D eigenvalue weighted by Crippen LogP contribution is 2.31. The highest BCUT2D eigenvalue weighted by Gasteiger charge is 2.38. The molecule has 2 aliphatic heterocycles. The summed E-state index contributed by atoms with van der Waals surface area (Å²) in [4.78, 5) is 57.9. The summed E-state index contributed by atoms with van der Waals surface area (Å²) in [6.45, 7) is 2.75. The lowest BCUT2D eigenvalue weighted by molar-refractivity contribution is -0.138. The molecule has 1 unspecified atom stereocenters. The maximum absolute atomic E-state index is 13.3. The molecule has 5 heterocycles. The molecule has 0 bridgehead atoms. The molecular weight excluding hydrogens is 529 g/mol. The fourth-order valence-electron chi connectivity index (χ4n) is 4.46. The Hall–Kier alpha value is -3.95. The summed E-state index contributed by atoms with van der Waals surface area (Å²) in [6, 6.07) is 0.547. The van der Waals surface area contributed by atoms with Crippen LogP contribution in [0.4, 0.5) is 18.9 Å². The van der Waals surface area contributed by atoms with Crippen LogP contribution in [0.25, 0.3) is 0 Å². The van der Waals surface area contributed by atoms with Gasteiger partial charge in [-0.3, -0.25) is 19.2 Å². The van der Waals surface area contributed by atoms with Crippen LogP contribution >= 0.6 is 11.8 Å². The molecule has 0 radical (unpaired) electrons. The van der Waals surface area contributed by atoms with Crippen molar-refractivity contribution < 1.29 is 22.8 Å². The van der Waals surface area contributed by atoms with E-state index in [1.807, 2.05) is 9.55 Å². The van der Waals surface area contributed by atoms with Crippen molar-refractivity contribution in [2.24, 2.45) is 0 Å². The predicted octanol–water partition coefficient (Wildman–Crippen LogP) is 0.975. The largest absolute Gasteiger partial charge is 0.421 e. The standard InChI is InChI=1S/C22H21F3N8O4S/c1-2-33-17-13(19(36)27-12-6-14(22(23,24)25)20(37)26-7-12)9-32(10-15(17)29-30-33)16(34)5-11-8-31-3-4-38-21(31)28-18(11)35/h6-8,13H,2-5,9-10H2,1H3,(H,26,37)(H,27,36). The van der Waals surface area contributed by atoms with E-state index in [1.165, 1.54) is 21.3 Å². The number of carbonyl (C=O) groups excluding carboxylic acids is 2. The van der Waals surface area contributed by atoms with Gasteiger partial charge in [0.1, 0.15) is 11.3 Å². The lowest BCUT2D eigenvalue weighted by atomic mass is 9.96. The van der Waals surface area contributed by atoms with Crippen molar-refractivity contribution in [1.82, 2.24) is 34.4 Å². The van der Waals surface area contributed by atoms with E-state index >= 15 is 0 Å². The average molecular weight is 551 g/mol. The molecule has 3 aromatic heterocycles. The Bertz CT molecular complexity index is 1550. The van der Waals surface area contributed by atoms with Crippen molar-refractivity contribution in [3.05, 3.63) is 61.7 Å². The molecule has 2 amide bonds. The maximum atomic E-state index is 13.3. The fourth-order valence-corrected chi connectivity index (χ4v) is 5.38. The van der Waals surface area contributed by atoms with Crippen molar-refractivity contribution in [3.8, 4) is 0 Å². The third-order valence-corrected chi connectivity index (χ3v) is 7.27. The number of amides is 2. The van der Waals surface area contributed by atoms with Crippen LogP contribution in [0.2, 0.25) is 0 Å². The number of nitrogens with zero attached hydrogens (tertiary/aromatic N) is 6. The van der Waals surface area contributed by atoms with Crippen molar-refractivity contribution in [1.29, 1.82) is 0 Å². The van der Waals surface area contributed by atoms with Gasteiger partial charge in [-0.1, -0.05) is 17.0 Å². The Morgan fingerprint density at radius 1 is 1.29 bits per heavy atom. The Labute approximate surface area is 216 Å². The van der Waals surface area contributed by atoms with E-state index in [0.717, 1.165) is 11.9 Å². The molecule has 0 aromatic carbocycles. The monoisotopic (exact) mass is 550 g/mol. The first kappa shape index (κ1) is 25.7. The minimum Gasteiger partial charge on any atom is -0.335 e. The number of alkyl halides is 3. The van der Waals surface area contributed by atoms with Gasteiger partial charge in [-0.05, 0) is 13.0 Å². The first-order valence-electron chi connectivity index (χ1n) is 11.6. The number of fused-ring (bicyclic) bond motifs is 2. The number of hydrogen-bond donors (Lipinski definition) is 2. The topological polar surface area (TPSA) is 148 Å². The van der Waals surface area contributed by atoms with Gasteiger partial charge in [0.2, 0.25) is 11.8 Å². The van der Waals surface area contributed by atoms with Crippen LogP contribution in [0.5, 0.6) is 0 Å². The Morgan fingerprint density at radius 2 is 2.08 bits per heavy atom. The number of thioether (sulfide) groups is 1. The number of anilines is 1. The predicted molar refractivity (Wildman–Crippen MR) is 127 cm³/mol. The number of aromatic amines is 1. The van der Waals surface area contributed by atoms with E-state index < -0.39 is 40.6 Å². The van der Waals surface area contributed by atoms with Gasteiger partial charge in [0, 0.05) is 43.3 Å². The molecule has 0 aliphatic carbocycles. The molecule has 16 heteroatoms. The van der Waals surface area contributed by atoms with E-state index in [9.17, 15) is 32.3 Å². The summed E-state index contributed by atoms with van der Waals surface area (Å²) in [7, 11) is 0. The number of halogens is 3. The van der Waals surface area contributed by atoms with Crippen molar-refractivity contribution >= 4 is 29.3 Å².